The molecule has 0 aromatic carbocycles. The number of carbonyl (C=O) groups is 1. The van der Waals surface area contributed by atoms with Crippen LogP contribution in [0.4, 0.5) is 0 Å². The molecule has 3 heteroatoms. The quantitative estimate of drug-likeness (QED) is 0.752. The molecule has 0 atom stereocenters. The zero-order valence-electron chi connectivity index (χ0n) is 14.7. The van der Waals surface area contributed by atoms with E-state index in [4.69, 9.17) is 5.10 Å². The highest BCUT2D eigenvalue weighted by atomic mass is 16.1. The highest BCUT2D eigenvalue weighted by Crippen LogP contribution is 2.43. The first-order chi connectivity index (χ1) is 11.1. The molecular formula is C20H30N2O. The maximum atomic E-state index is 12.9. The Hall–Kier alpha value is -1.12. The molecule has 2 fully saturated rings. The first kappa shape index (κ1) is 15.4. The molecule has 0 bridgehead atoms. The van der Waals surface area contributed by atoms with Crippen molar-refractivity contribution in [2.24, 2.45) is 5.41 Å². The van der Waals surface area contributed by atoms with E-state index in [0.717, 1.165) is 12.0 Å². The van der Waals surface area contributed by atoms with Crippen molar-refractivity contribution in [1.82, 2.24) is 9.78 Å². The molecule has 23 heavy (non-hydrogen) atoms. The molecule has 4 rings (SSSR count). The van der Waals surface area contributed by atoms with Gasteiger partial charge in [0, 0.05) is 12.3 Å². The van der Waals surface area contributed by atoms with E-state index in [1.165, 1.54) is 69.2 Å². The number of hydrogen-bond donors (Lipinski definition) is 0. The molecule has 0 radical (unpaired) electrons. The number of rotatable bonds is 2. The van der Waals surface area contributed by atoms with Crippen molar-refractivity contribution in [2.75, 3.05) is 0 Å². The summed E-state index contributed by atoms with van der Waals surface area (Å²) in [7, 11) is 0. The Kier molecular flexibility index (Phi) is 3.85. The Morgan fingerprint density at radius 3 is 2.30 bits per heavy atom. The Balaban J connectivity index is 1.79. The van der Waals surface area contributed by atoms with E-state index in [1.807, 2.05) is 0 Å². The minimum absolute atomic E-state index is 0.0876. The van der Waals surface area contributed by atoms with Crippen LogP contribution in [0, 0.1) is 5.41 Å². The van der Waals surface area contributed by atoms with Crippen molar-refractivity contribution in [3.63, 3.8) is 0 Å². The molecule has 0 spiro atoms. The summed E-state index contributed by atoms with van der Waals surface area (Å²) in [5.41, 5.74) is 3.58. The first-order valence-corrected chi connectivity index (χ1v) is 9.70. The van der Waals surface area contributed by atoms with E-state index < -0.39 is 0 Å². The Labute approximate surface area is 139 Å². The van der Waals surface area contributed by atoms with Gasteiger partial charge in [0.2, 0.25) is 0 Å². The fraction of sp³-hybridized carbons (Fsp3) is 0.800. The van der Waals surface area contributed by atoms with Crippen LogP contribution < -0.4 is 0 Å². The van der Waals surface area contributed by atoms with Crippen molar-refractivity contribution in [1.29, 1.82) is 0 Å². The van der Waals surface area contributed by atoms with E-state index in [2.05, 4.69) is 18.5 Å². The lowest BCUT2D eigenvalue weighted by Crippen LogP contribution is -2.29. The number of Topliss-reactive ketones (excluding diaryl/α,β-unsaturated/α-hetero) is 1. The number of nitrogens with zero attached hydrogens (tertiary/aromatic N) is 2. The van der Waals surface area contributed by atoms with Crippen molar-refractivity contribution < 1.29 is 4.79 Å². The Bertz CT molecular complexity index is 601. The van der Waals surface area contributed by atoms with E-state index in [9.17, 15) is 4.79 Å². The highest BCUT2D eigenvalue weighted by Gasteiger charge is 2.39. The van der Waals surface area contributed by atoms with Crippen LogP contribution in [0.15, 0.2) is 0 Å². The predicted octanol–water partition coefficient (Wildman–Crippen LogP) is 5.20. The Morgan fingerprint density at radius 2 is 1.61 bits per heavy atom. The van der Waals surface area contributed by atoms with Gasteiger partial charge in [-0.05, 0) is 37.5 Å². The third kappa shape index (κ3) is 2.77. The molecule has 3 nitrogen and oxygen atoms in total. The maximum absolute atomic E-state index is 12.9. The zero-order valence-corrected chi connectivity index (χ0v) is 14.7. The lowest BCUT2D eigenvalue weighted by molar-refractivity contribution is 0.0907. The van der Waals surface area contributed by atoms with Crippen molar-refractivity contribution in [3.8, 4) is 0 Å². The van der Waals surface area contributed by atoms with Gasteiger partial charge in [0.25, 0.3) is 0 Å². The van der Waals surface area contributed by atoms with Crippen LogP contribution >= 0.6 is 0 Å². The molecule has 126 valence electrons. The van der Waals surface area contributed by atoms with Gasteiger partial charge in [0.15, 0.2) is 5.78 Å². The van der Waals surface area contributed by atoms with E-state index >= 15 is 0 Å². The van der Waals surface area contributed by atoms with Crippen molar-refractivity contribution in [2.45, 2.75) is 96.4 Å². The predicted molar refractivity (Wildman–Crippen MR) is 92.0 cm³/mol. The fourth-order valence-electron chi connectivity index (χ4n) is 5.11. The van der Waals surface area contributed by atoms with Crippen LogP contribution in [0.3, 0.4) is 0 Å². The molecule has 3 aliphatic carbocycles. The summed E-state index contributed by atoms with van der Waals surface area (Å²) >= 11 is 0. The highest BCUT2D eigenvalue weighted by molar-refractivity contribution is 6.00. The van der Waals surface area contributed by atoms with Gasteiger partial charge in [-0.3, -0.25) is 9.48 Å². The van der Waals surface area contributed by atoms with Gasteiger partial charge < -0.3 is 0 Å². The topological polar surface area (TPSA) is 34.9 Å². The molecule has 1 aromatic rings. The summed E-state index contributed by atoms with van der Waals surface area (Å²) in [6, 6.07) is 0.544. The van der Waals surface area contributed by atoms with Crippen LogP contribution in [0.5, 0.6) is 0 Å². The van der Waals surface area contributed by atoms with Gasteiger partial charge in [-0.1, -0.05) is 46.0 Å². The monoisotopic (exact) mass is 314 g/mol. The second-order valence-corrected chi connectivity index (χ2v) is 8.87. The standard InChI is InChI=1S/C20H30N2O/c1-20(2)12-16-18(17(23)13-20)19(14-8-4-3-5-9-14)21-22(16)15-10-6-7-11-15/h14-15H,3-13H2,1-2H3. The zero-order chi connectivity index (χ0) is 16.0. The van der Waals surface area contributed by atoms with Gasteiger partial charge in [-0.15, -0.1) is 0 Å². The number of fused-ring (bicyclic) bond motifs is 1. The lowest BCUT2D eigenvalue weighted by atomic mass is 9.74. The summed E-state index contributed by atoms with van der Waals surface area (Å²) < 4.78 is 2.31. The molecule has 2 saturated carbocycles. The van der Waals surface area contributed by atoms with Gasteiger partial charge >= 0.3 is 0 Å². The van der Waals surface area contributed by atoms with Gasteiger partial charge in [0.1, 0.15) is 0 Å². The van der Waals surface area contributed by atoms with Crippen molar-refractivity contribution in [3.05, 3.63) is 17.0 Å². The van der Waals surface area contributed by atoms with E-state index in [0.29, 0.717) is 24.2 Å². The molecule has 1 aromatic heterocycles. The van der Waals surface area contributed by atoms with Gasteiger partial charge in [0.05, 0.1) is 23.0 Å². The molecule has 0 amide bonds. The van der Waals surface area contributed by atoms with Gasteiger partial charge in [-0.2, -0.15) is 5.10 Å². The normalized spacial score (nSPS) is 25.7. The average Bonchev–Trinajstić information content (AvgIpc) is 3.14. The van der Waals surface area contributed by atoms with Crippen LogP contribution in [-0.2, 0) is 6.42 Å². The number of aromatic nitrogens is 2. The minimum Gasteiger partial charge on any atom is -0.294 e. The molecular weight excluding hydrogens is 284 g/mol. The lowest BCUT2D eigenvalue weighted by Gasteiger charge is -2.30. The number of carbonyl (C=O) groups excluding carboxylic acids is 1. The molecule has 0 saturated heterocycles. The number of ketones is 1. The second-order valence-electron chi connectivity index (χ2n) is 8.87. The van der Waals surface area contributed by atoms with Crippen LogP contribution in [-0.4, -0.2) is 15.6 Å². The summed E-state index contributed by atoms with van der Waals surface area (Å²) in [5, 5.41) is 5.11. The molecule has 0 aliphatic heterocycles. The third-order valence-corrected chi connectivity index (χ3v) is 6.26. The van der Waals surface area contributed by atoms with Crippen molar-refractivity contribution >= 4 is 5.78 Å². The van der Waals surface area contributed by atoms with Crippen LogP contribution in [0.2, 0.25) is 0 Å². The first-order valence-electron chi connectivity index (χ1n) is 9.70. The van der Waals surface area contributed by atoms with Crippen LogP contribution in [0.1, 0.15) is 112 Å². The largest absolute Gasteiger partial charge is 0.294 e. The molecule has 0 unspecified atom stereocenters. The summed E-state index contributed by atoms with van der Waals surface area (Å²) in [5.74, 6) is 0.895. The average molecular weight is 314 g/mol. The SMILES string of the molecule is CC1(C)CC(=O)c2c(C3CCCCC3)nn(C3CCCC3)c2C1. The minimum atomic E-state index is 0.0876. The molecule has 1 heterocycles. The molecule has 3 aliphatic rings. The Morgan fingerprint density at radius 1 is 0.957 bits per heavy atom. The number of hydrogen-bond acceptors (Lipinski definition) is 2. The maximum Gasteiger partial charge on any atom is 0.167 e. The second kappa shape index (κ2) is 5.75. The van der Waals surface area contributed by atoms with Gasteiger partial charge in [-0.25, -0.2) is 0 Å². The summed E-state index contributed by atoms with van der Waals surface area (Å²) in [6.45, 7) is 4.47. The fourth-order valence-corrected chi connectivity index (χ4v) is 5.11. The van der Waals surface area contributed by atoms with E-state index in [1.54, 1.807) is 0 Å². The summed E-state index contributed by atoms with van der Waals surface area (Å²) in [6.07, 6.45) is 13.2. The molecule has 0 N–H and O–H groups in total. The third-order valence-electron chi connectivity index (χ3n) is 6.26. The smallest absolute Gasteiger partial charge is 0.167 e. The summed E-state index contributed by atoms with van der Waals surface area (Å²) in [4.78, 5) is 12.9. The van der Waals surface area contributed by atoms with Crippen LogP contribution in [0.25, 0.3) is 0 Å². The van der Waals surface area contributed by atoms with E-state index in [-0.39, 0.29) is 5.41 Å².